The highest BCUT2D eigenvalue weighted by Gasteiger charge is 2.32. The van der Waals surface area contributed by atoms with Crippen molar-refractivity contribution in [2.75, 3.05) is 51.3 Å². The number of hydrogen-bond donors (Lipinski definition) is 0. The highest BCUT2D eigenvalue weighted by Crippen LogP contribution is 2.42. The molecule has 35 heavy (non-hydrogen) atoms. The zero-order chi connectivity index (χ0) is 25.2. The van der Waals surface area contributed by atoms with Crippen molar-refractivity contribution in [1.82, 2.24) is 9.80 Å². The standard InChI is InChI=1S/C26H38N4O5/c1-26(2,3)35-25(31)29-15-13-27(14-16-29)20-9-11-28(12-10-20)22-18-24(34-4)23(30(32)33)17-21(22)19-7-5-6-8-19/h7,17-18,20H,5-6,8-16H2,1-4H3. The summed E-state index contributed by atoms with van der Waals surface area (Å²) < 4.78 is 10.9. The summed E-state index contributed by atoms with van der Waals surface area (Å²) in [5.74, 6) is 0.313. The van der Waals surface area contributed by atoms with Gasteiger partial charge in [0.1, 0.15) is 5.60 Å². The lowest BCUT2D eigenvalue weighted by atomic mass is 9.97. The number of allylic oxidation sites excluding steroid dienone is 2. The van der Waals surface area contributed by atoms with Gasteiger partial charge in [0.05, 0.1) is 12.0 Å². The van der Waals surface area contributed by atoms with Crippen LogP contribution in [0.2, 0.25) is 0 Å². The average Bonchev–Trinajstić information content (AvgIpc) is 3.37. The third-order valence-electron chi connectivity index (χ3n) is 7.17. The quantitative estimate of drug-likeness (QED) is 0.441. The van der Waals surface area contributed by atoms with Crippen LogP contribution in [0.15, 0.2) is 18.2 Å². The summed E-state index contributed by atoms with van der Waals surface area (Å²) in [5.41, 5.74) is 2.76. The smallest absolute Gasteiger partial charge is 0.410 e. The van der Waals surface area contributed by atoms with Gasteiger partial charge in [0.25, 0.3) is 0 Å². The van der Waals surface area contributed by atoms with Gasteiger partial charge in [0.15, 0.2) is 5.75 Å². The maximum atomic E-state index is 12.4. The Labute approximate surface area is 207 Å². The number of piperidine rings is 1. The lowest BCUT2D eigenvalue weighted by molar-refractivity contribution is -0.385. The van der Waals surface area contributed by atoms with Crippen molar-refractivity contribution in [3.8, 4) is 5.75 Å². The average molecular weight is 487 g/mol. The third-order valence-corrected chi connectivity index (χ3v) is 7.17. The highest BCUT2D eigenvalue weighted by atomic mass is 16.6. The summed E-state index contributed by atoms with van der Waals surface area (Å²) in [4.78, 5) is 30.3. The number of carbonyl (C=O) groups is 1. The molecule has 0 aromatic heterocycles. The van der Waals surface area contributed by atoms with E-state index in [2.05, 4.69) is 15.9 Å². The fourth-order valence-electron chi connectivity index (χ4n) is 5.37. The number of rotatable bonds is 5. The van der Waals surface area contributed by atoms with E-state index in [1.807, 2.05) is 31.7 Å². The Morgan fingerprint density at radius 3 is 2.31 bits per heavy atom. The highest BCUT2D eigenvalue weighted by molar-refractivity contribution is 5.81. The van der Waals surface area contributed by atoms with Crippen molar-refractivity contribution in [2.24, 2.45) is 0 Å². The minimum absolute atomic E-state index is 0.0248. The van der Waals surface area contributed by atoms with Gasteiger partial charge in [-0.2, -0.15) is 0 Å². The number of benzene rings is 1. The number of hydrogen-bond acceptors (Lipinski definition) is 7. The second-order valence-corrected chi connectivity index (χ2v) is 10.6. The van der Waals surface area contributed by atoms with E-state index in [1.165, 1.54) is 12.7 Å². The van der Waals surface area contributed by atoms with Crippen LogP contribution in [-0.4, -0.2) is 78.8 Å². The number of nitro benzene ring substituents is 1. The molecule has 0 bridgehead atoms. The van der Waals surface area contributed by atoms with E-state index in [1.54, 1.807) is 6.07 Å². The predicted octanol–water partition coefficient (Wildman–Crippen LogP) is 4.69. The van der Waals surface area contributed by atoms with Crippen LogP contribution in [0.25, 0.3) is 5.57 Å². The molecule has 4 rings (SSSR count). The summed E-state index contributed by atoms with van der Waals surface area (Å²) in [6.07, 6.45) is 7.08. The maximum Gasteiger partial charge on any atom is 0.410 e. The Balaban J connectivity index is 1.41. The van der Waals surface area contributed by atoms with Crippen LogP contribution in [0.4, 0.5) is 16.2 Å². The molecule has 9 nitrogen and oxygen atoms in total. The molecule has 1 amide bonds. The van der Waals surface area contributed by atoms with E-state index in [9.17, 15) is 14.9 Å². The van der Waals surface area contributed by atoms with Gasteiger partial charge in [0.2, 0.25) is 0 Å². The number of ether oxygens (including phenoxy) is 2. The number of anilines is 1. The zero-order valence-corrected chi connectivity index (χ0v) is 21.4. The van der Waals surface area contributed by atoms with Crippen molar-refractivity contribution >= 4 is 23.0 Å². The van der Waals surface area contributed by atoms with E-state index in [-0.39, 0.29) is 16.7 Å². The molecule has 192 valence electrons. The summed E-state index contributed by atoms with van der Waals surface area (Å²) in [5, 5.41) is 11.6. The fourth-order valence-corrected chi connectivity index (χ4v) is 5.37. The fraction of sp³-hybridized carbons (Fsp3) is 0.654. The number of amides is 1. The first kappa shape index (κ1) is 25.3. The number of nitrogens with zero attached hydrogens (tertiary/aromatic N) is 4. The lowest BCUT2D eigenvalue weighted by Gasteiger charge is -2.43. The molecule has 0 atom stereocenters. The number of methoxy groups -OCH3 is 1. The normalized spacial score (nSPS) is 20.1. The minimum Gasteiger partial charge on any atom is -0.490 e. The molecule has 1 aromatic rings. The Hall–Kier alpha value is -2.81. The molecule has 3 aliphatic rings. The van der Waals surface area contributed by atoms with Crippen LogP contribution < -0.4 is 9.64 Å². The third kappa shape index (κ3) is 5.89. The molecule has 0 saturated carbocycles. The van der Waals surface area contributed by atoms with Crippen LogP contribution in [0.5, 0.6) is 5.75 Å². The minimum atomic E-state index is -0.477. The van der Waals surface area contributed by atoms with Crippen LogP contribution in [-0.2, 0) is 4.74 Å². The van der Waals surface area contributed by atoms with Gasteiger partial charge >= 0.3 is 11.8 Å². The molecule has 9 heteroatoms. The van der Waals surface area contributed by atoms with Gasteiger partial charge in [-0.25, -0.2) is 4.79 Å². The van der Waals surface area contributed by atoms with Crippen molar-refractivity contribution < 1.29 is 19.2 Å². The first-order valence-electron chi connectivity index (χ1n) is 12.7. The molecule has 0 spiro atoms. The Morgan fingerprint density at radius 2 is 1.77 bits per heavy atom. The summed E-state index contributed by atoms with van der Waals surface area (Å²) >= 11 is 0. The molecule has 2 aliphatic heterocycles. The molecular formula is C26H38N4O5. The van der Waals surface area contributed by atoms with Gasteiger partial charge in [-0.3, -0.25) is 15.0 Å². The molecule has 2 saturated heterocycles. The lowest BCUT2D eigenvalue weighted by Crippen LogP contribution is -2.55. The van der Waals surface area contributed by atoms with E-state index >= 15 is 0 Å². The molecule has 0 radical (unpaired) electrons. The van der Waals surface area contributed by atoms with Crippen molar-refractivity contribution in [2.45, 2.75) is 64.5 Å². The Morgan fingerprint density at radius 1 is 1.09 bits per heavy atom. The summed E-state index contributed by atoms with van der Waals surface area (Å²) in [7, 11) is 1.49. The van der Waals surface area contributed by atoms with Gasteiger partial charge in [-0.05, 0) is 58.4 Å². The van der Waals surface area contributed by atoms with Crippen LogP contribution in [0, 0.1) is 10.1 Å². The first-order valence-corrected chi connectivity index (χ1v) is 12.7. The largest absolute Gasteiger partial charge is 0.490 e. The van der Waals surface area contributed by atoms with E-state index < -0.39 is 5.60 Å². The van der Waals surface area contributed by atoms with Crippen molar-refractivity contribution in [3.63, 3.8) is 0 Å². The van der Waals surface area contributed by atoms with Crippen LogP contribution >= 0.6 is 0 Å². The maximum absolute atomic E-state index is 12.4. The summed E-state index contributed by atoms with van der Waals surface area (Å²) in [6, 6.07) is 4.03. The molecular weight excluding hydrogens is 448 g/mol. The molecule has 2 fully saturated rings. The second kappa shape index (κ2) is 10.4. The van der Waals surface area contributed by atoms with Crippen molar-refractivity contribution in [3.05, 3.63) is 33.9 Å². The Bertz CT molecular complexity index is 971. The van der Waals surface area contributed by atoms with E-state index in [0.717, 1.165) is 69.5 Å². The first-order chi connectivity index (χ1) is 16.7. The van der Waals surface area contributed by atoms with Crippen LogP contribution in [0.3, 0.4) is 0 Å². The Kier molecular flexibility index (Phi) is 7.54. The molecule has 1 aromatic carbocycles. The number of carbonyl (C=O) groups excluding carboxylic acids is 1. The molecule has 2 heterocycles. The molecule has 0 unspecified atom stereocenters. The monoisotopic (exact) mass is 486 g/mol. The van der Waals surface area contributed by atoms with Crippen molar-refractivity contribution in [1.29, 1.82) is 0 Å². The SMILES string of the molecule is COc1cc(N2CCC(N3CCN(C(=O)OC(C)(C)C)CC3)CC2)c(C2=CCCC2)cc1[N+](=O)[O-]. The number of piperazine rings is 1. The van der Waals surface area contributed by atoms with Gasteiger partial charge in [-0.1, -0.05) is 6.08 Å². The molecule has 0 N–H and O–H groups in total. The van der Waals surface area contributed by atoms with E-state index in [0.29, 0.717) is 24.9 Å². The zero-order valence-electron chi connectivity index (χ0n) is 21.4. The topological polar surface area (TPSA) is 88.4 Å². The van der Waals surface area contributed by atoms with Gasteiger partial charge in [-0.15, -0.1) is 0 Å². The summed E-state index contributed by atoms with van der Waals surface area (Å²) in [6.45, 7) is 10.5. The van der Waals surface area contributed by atoms with E-state index in [4.69, 9.17) is 9.47 Å². The van der Waals surface area contributed by atoms with Gasteiger partial charge < -0.3 is 19.3 Å². The van der Waals surface area contributed by atoms with Gasteiger partial charge in [0, 0.05) is 68.7 Å². The van der Waals surface area contributed by atoms with Crippen LogP contribution in [0.1, 0.15) is 58.4 Å². The molecule has 1 aliphatic carbocycles. The predicted molar refractivity (Wildman–Crippen MR) is 136 cm³/mol. The number of nitro groups is 1. The second-order valence-electron chi connectivity index (χ2n) is 10.6.